The average Bonchev–Trinajstić information content (AvgIpc) is 2.19. The van der Waals surface area contributed by atoms with E-state index in [-0.39, 0.29) is 6.61 Å². The summed E-state index contributed by atoms with van der Waals surface area (Å²) in [6, 6.07) is 6.10. The molecule has 3 nitrogen and oxygen atoms in total. The van der Waals surface area contributed by atoms with Gasteiger partial charge in [-0.15, -0.1) is 0 Å². The molecule has 3 N–H and O–H groups in total. The summed E-state index contributed by atoms with van der Waals surface area (Å²) in [7, 11) is 0. The molecule has 2 rings (SSSR count). The second-order valence-electron chi connectivity index (χ2n) is 3.78. The Balaban J connectivity index is 2.15. The molecule has 3 heteroatoms. The Kier molecular flexibility index (Phi) is 2.70. The molecule has 0 spiro atoms. The molecule has 0 unspecified atom stereocenters. The number of rotatable bonds is 2. The van der Waals surface area contributed by atoms with E-state index in [0.717, 1.165) is 31.7 Å². The first-order chi connectivity index (χ1) is 6.79. The van der Waals surface area contributed by atoms with Crippen LogP contribution in [-0.2, 0) is 13.0 Å². The fourth-order valence-corrected chi connectivity index (χ4v) is 1.96. The highest BCUT2D eigenvalue weighted by Crippen LogP contribution is 2.20. The molecule has 76 valence electrons. The number of aliphatic hydroxyl groups excluding tert-OH is 1. The van der Waals surface area contributed by atoms with Crippen LogP contribution in [-0.4, -0.2) is 29.7 Å². The molecule has 0 saturated heterocycles. The van der Waals surface area contributed by atoms with Crippen molar-refractivity contribution in [2.24, 2.45) is 0 Å². The van der Waals surface area contributed by atoms with Crippen LogP contribution in [0.4, 0.5) is 5.69 Å². The second kappa shape index (κ2) is 3.98. The molecule has 0 saturated carbocycles. The van der Waals surface area contributed by atoms with E-state index >= 15 is 0 Å². The van der Waals surface area contributed by atoms with Gasteiger partial charge in [0.05, 0.1) is 6.61 Å². The second-order valence-corrected chi connectivity index (χ2v) is 3.78. The lowest BCUT2D eigenvalue weighted by Gasteiger charge is -2.28. The Hall–Kier alpha value is -1.06. The molecule has 0 atom stereocenters. The first-order valence-electron chi connectivity index (χ1n) is 5.00. The number of hydrogen-bond donors (Lipinski definition) is 2. The van der Waals surface area contributed by atoms with Crippen LogP contribution in [0.25, 0.3) is 0 Å². The minimum atomic E-state index is 0.240. The predicted molar refractivity (Wildman–Crippen MR) is 56.9 cm³/mol. The van der Waals surface area contributed by atoms with Crippen LogP contribution in [0.5, 0.6) is 0 Å². The molecular formula is C11H16N2O. The summed E-state index contributed by atoms with van der Waals surface area (Å²) in [6.07, 6.45) is 1.04. The zero-order chi connectivity index (χ0) is 9.97. The van der Waals surface area contributed by atoms with E-state index in [1.165, 1.54) is 11.1 Å². The van der Waals surface area contributed by atoms with Gasteiger partial charge in [-0.3, -0.25) is 4.90 Å². The smallest absolute Gasteiger partial charge is 0.0558 e. The van der Waals surface area contributed by atoms with Gasteiger partial charge in [0.1, 0.15) is 0 Å². The Morgan fingerprint density at radius 1 is 1.36 bits per heavy atom. The third-order valence-corrected chi connectivity index (χ3v) is 2.74. The van der Waals surface area contributed by atoms with Crippen LogP contribution >= 0.6 is 0 Å². The fraction of sp³-hybridized carbons (Fsp3) is 0.455. The molecule has 1 heterocycles. The maximum atomic E-state index is 8.85. The zero-order valence-electron chi connectivity index (χ0n) is 8.24. The van der Waals surface area contributed by atoms with Crippen molar-refractivity contribution in [3.05, 3.63) is 29.3 Å². The molecule has 0 radical (unpaired) electrons. The molecule has 0 fully saturated rings. The van der Waals surface area contributed by atoms with E-state index in [1.807, 2.05) is 6.07 Å². The summed E-state index contributed by atoms with van der Waals surface area (Å²) < 4.78 is 0. The molecule has 1 aromatic carbocycles. The molecule has 0 amide bonds. The number of benzene rings is 1. The molecule has 1 aromatic rings. The summed E-state index contributed by atoms with van der Waals surface area (Å²) in [5, 5.41) is 8.85. The summed E-state index contributed by atoms with van der Waals surface area (Å²) in [5.41, 5.74) is 9.27. The van der Waals surface area contributed by atoms with Crippen LogP contribution < -0.4 is 5.73 Å². The number of β-amino-alcohol motifs (C(OH)–C–C–N with tert-alkyl or cyclic N) is 1. The van der Waals surface area contributed by atoms with Crippen molar-refractivity contribution in [3.8, 4) is 0 Å². The topological polar surface area (TPSA) is 49.5 Å². The normalized spacial score (nSPS) is 16.6. The van der Waals surface area contributed by atoms with Gasteiger partial charge in [-0.2, -0.15) is 0 Å². The van der Waals surface area contributed by atoms with E-state index in [1.54, 1.807) is 0 Å². The summed E-state index contributed by atoms with van der Waals surface area (Å²) in [5.74, 6) is 0. The Morgan fingerprint density at radius 2 is 2.21 bits per heavy atom. The molecule has 0 aliphatic carbocycles. The number of nitrogens with two attached hydrogens (primary N) is 1. The Morgan fingerprint density at radius 3 is 3.00 bits per heavy atom. The molecule has 1 aliphatic rings. The maximum Gasteiger partial charge on any atom is 0.0558 e. The lowest BCUT2D eigenvalue weighted by Crippen LogP contribution is -2.32. The van der Waals surface area contributed by atoms with Crippen LogP contribution in [0.2, 0.25) is 0 Å². The lowest BCUT2D eigenvalue weighted by atomic mass is 9.99. The minimum absolute atomic E-state index is 0.240. The molecule has 1 aliphatic heterocycles. The van der Waals surface area contributed by atoms with Gasteiger partial charge in [-0.05, 0) is 29.7 Å². The minimum Gasteiger partial charge on any atom is -0.399 e. The fourth-order valence-electron chi connectivity index (χ4n) is 1.96. The number of nitrogen functional groups attached to an aromatic ring is 1. The third kappa shape index (κ3) is 1.89. The largest absolute Gasteiger partial charge is 0.399 e. The van der Waals surface area contributed by atoms with Crippen molar-refractivity contribution in [2.75, 3.05) is 25.4 Å². The van der Waals surface area contributed by atoms with Crippen molar-refractivity contribution in [1.82, 2.24) is 4.90 Å². The SMILES string of the molecule is Nc1ccc2c(c1)CCN(CCO)C2. The monoisotopic (exact) mass is 192 g/mol. The molecule has 14 heavy (non-hydrogen) atoms. The highest BCUT2D eigenvalue weighted by molar-refractivity contribution is 5.45. The van der Waals surface area contributed by atoms with E-state index in [2.05, 4.69) is 17.0 Å². The number of fused-ring (bicyclic) bond motifs is 1. The lowest BCUT2D eigenvalue weighted by molar-refractivity contribution is 0.184. The summed E-state index contributed by atoms with van der Waals surface area (Å²) >= 11 is 0. The highest BCUT2D eigenvalue weighted by Gasteiger charge is 2.15. The van der Waals surface area contributed by atoms with Gasteiger partial charge in [0.15, 0.2) is 0 Å². The zero-order valence-corrected chi connectivity index (χ0v) is 8.24. The van der Waals surface area contributed by atoms with Crippen LogP contribution in [0, 0.1) is 0 Å². The first-order valence-corrected chi connectivity index (χ1v) is 5.00. The molecule has 0 bridgehead atoms. The van der Waals surface area contributed by atoms with Gasteiger partial charge in [0, 0.05) is 25.3 Å². The van der Waals surface area contributed by atoms with E-state index < -0.39 is 0 Å². The van der Waals surface area contributed by atoms with Crippen LogP contribution in [0.3, 0.4) is 0 Å². The van der Waals surface area contributed by atoms with Gasteiger partial charge in [-0.1, -0.05) is 6.07 Å². The van der Waals surface area contributed by atoms with E-state index in [0.29, 0.717) is 0 Å². The Bertz CT molecular complexity index is 325. The van der Waals surface area contributed by atoms with Gasteiger partial charge in [0.2, 0.25) is 0 Å². The molecule has 0 aromatic heterocycles. The van der Waals surface area contributed by atoms with Gasteiger partial charge in [0.25, 0.3) is 0 Å². The van der Waals surface area contributed by atoms with Crippen molar-refractivity contribution in [3.63, 3.8) is 0 Å². The van der Waals surface area contributed by atoms with Crippen molar-refractivity contribution < 1.29 is 5.11 Å². The standard InChI is InChI=1S/C11H16N2O/c12-11-2-1-10-8-13(5-6-14)4-3-9(10)7-11/h1-2,7,14H,3-6,8,12H2. The van der Waals surface area contributed by atoms with Crippen molar-refractivity contribution >= 4 is 5.69 Å². The highest BCUT2D eigenvalue weighted by atomic mass is 16.3. The van der Waals surface area contributed by atoms with E-state index in [4.69, 9.17) is 10.8 Å². The van der Waals surface area contributed by atoms with Gasteiger partial charge >= 0.3 is 0 Å². The third-order valence-electron chi connectivity index (χ3n) is 2.74. The number of anilines is 1. The number of hydrogen-bond acceptors (Lipinski definition) is 3. The number of nitrogens with zero attached hydrogens (tertiary/aromatic N) is 1. The average molecular weight is 192 g/mol. The van der Waals surface area contributed by atoms with Gasteiger partial charge in [-0.25, -0.2) is 0 Å². The van der Waals surface area contributed by atoms with Crippen molar-refractivity contribution in [2.45, 2.75) is 13.0 Å². The van der Waals surface area contributed by atoms with Crippen molar-refractivity contribution in [1.29, 1.82) is 0 Å². The van der Waals surface area contributed by atoms with Crippen LogP contribution in [0.15, 0.2) is 18.2 Å². The predicted octanol–water partition coefficient (Wildman–Crippen LogP) is 0.619. The summed E-state index contributed by atoms with van der Waals surface area (Å²) in [6.45, 7) is 2.97. The van der Waals surface area contributed by atoms with Crippen LogP contribution in [0.1, 0.15) is 11.1 Å². The van der Waals surface area contributed by atoms with Gasteiger partial charge < -0.3 is 10.8 Å². The molecular weight excluding hydrogens is 176 g/mol. The quantitative estimate of drug-likeness (QED) is 0.675. The van der Waals surface area contributed by atoms with E-state index in [9.17, 15) is 0 Å². The maximum absolute atomic E-state index is 8.85. The number of aliphatic hydroxyl groups is 1. The summed E-state index contributed by atoms with van der Waals surface area (Å²) in [4.78, 5) is 2.26. The Labute approximate surface area is 84.1 Å². The first kappa shape index (κ1) is 9.49.